The van der Waals surface area contributed by atoms with E-state index in [9.17, 15) is 48.3 Å². The van der Waals surface area contributed by atoms with Crippen molar-refractivity contribution in [2.75, 3.05) is 62.0 Å². The number of urea groups is 1. The van der Waals surface area contributed by atoms with Crippen molar-refractivity contribution in [3.63, 3.8) is 0 Å². The van der Waals surface area contributed by atoms with Crippen molar-refractivity contribution in [3.8, 4) is 0 Å². The largest absolute Gasteiger partial charge is 0.391 e. The Morgan fingerprint density at radius 3 is 1.58 bits per heavy atom. The van der Waals surface area contributed by atoms with Crippen LogP contribution in [0.1, 0.15) is 137 Å². The molecule has 1 saturated heterocycles. The van der Waals surface area contributed by atoms with E-state index in [4.69, 9.17) is 4.74 Å². The average Bonchev–Trinajstić information content (AvgIpc) is 2.74. The number of carbonyl (C=O) groups excluding carboxylic acids is 10. The lowest BCUT2D eigenvalue weighted by atomic mass is 9.98. The molecule has 472 valence electrons. The van der Waals surface area contributed by atoms with Gasteiger partial charge in [-0.25, -0.2) is 4.79 Å². The van der Waals surface area contributed by atoms with Gasteiger partial charge in [0.2, 0.25) is 47.3 Å². The van der Waals surface area contributed by atoms with Gasteiger partial charge in [-0.1, -0.05) is 96.1 Å². The first-order valence-electron chi connectivity index (χ1n) is 29.9. The molecule has 4 N–H and O–H groups in total. The Morgan fingerprint density at radius 1 is 0.588 bits per heavy atom. The van der Waals surface area contributed by atoms with E-state index in [-0.39, 0.29) is 62.4 Å². The maximum atomic E-state index is 15.0. The first-order valence-corrected chi connectivity index (χ1v) is 29.9. The second-order valence-corrected chi connectivity index (χ2v) is 25.4. The van der Waals surface area contributed by atoms with E-state index in [1.807, 2.05) is 47.6 Å². The van der Waals surface area contributed by atoms with Gasteiger partial charge in [0.05, 0.1) is 24.7 Å². The molecule has 9 atom stereocenters. The second kappa shape index (κ2) is 31.4. The van der Waals surface area contributed by atoms with E-state index in [1.54, 1.807) is 81.1 Å². The van der Waals surface area contributed by atoms with Gasteiger partial charge in [-0.3, -0.25) is 48.1 Å². The SMILES string of the molecule is CC(C)C[C@H]1C(=O)N[C@H](C(=O)N2CCCCC2)c2ccc(cc2)CC(=O)N(C)[C@@H](C)C(=O)N(C)[C@@H](Cc2ccccc2)C(=O)N(C)[C@@H](CC(C)C)C(=O)N[C@@H]([C@@H](C)O)C(=O)N(C)C(=O)N(C)[C@@H](CC(C)C)C(=O)N[C@@H](COC(C)(C)C)C(=O)N1C. The standard InChI is InChI=1S/C63H98N10O12/c1-38(2)32-47-56(78)66-53(61(83)73-30-22-19-23-31-73)45-28-26-44(27-29-45)36-51(75)67(12)41(7)57(79)70(15)50(35-43-24-20-18-21-25-43)59(81)69(14)48(33-39(3)4)55(77)65-52(42(8)74)60(82)72(17)62(84)71(16)49(34-40(5)6)54(76)64-46(58(80)68(47)13)37-85-63(9,10)11/h18,20-21,24-29,38-42,46-50,52-53,74H,19,22-23,30-37H2,1-17H3,(H,64,76)(H,65,77)(H,66,78)/t41-,42+,46-,47-,48-,49-,50-,52-,53-/m0/s1. The summed E-state index contributed by atoms with van der Waals surface area (Å²) in [6.45, 7) is 19.8. The normalized spacial score (nSPS) is 24.8. The van der Waals surface area contributed by atoms with E-state index in [1.165, 1.54) is 61.8 Å². The van der Waals surface area contributed by atoms with Crippen LogP contribution in [-0.2, 0) is 60.7 Å². The Kier molecular flexibility index (Phi) is 26.1. The van der Waals surface area contributed by atoms with Crippen molar-refractivity contribution in [3.05, 3.63) is 71.3 Å². The zero-order valence-electron chi connectivity index (χ0n) is 53.5. The van der Waals surface area contributed by atoms with Crippen LogP contribution in [0.3, 0.4) is 0 Å². The van der Waals surface area contributed by atoms with Crippen LogP contribution in [0.25, 0.3) is 0 Å². The molecule has 85 heavy (non-hydrogen) atoms. The summed E-state index contributed by atoms with van der Waals surface area (Å²) in [6.07, 6.45) is 1.01. The Labute approximate surface area is 504 Å². The second-order valence-electron chi connectivity index (χ2n) is 25.4. The number of nitrogens with one attached hydrogen (secondary N) is 3. The van der Waals surface area contributed by atoms with Gasteiger partial charge in [0.15, 0.2) is 0 Å². The highest BCUT2D eigenvalue weighted by molar-refractivity contribution is 6.02. The van der Waals surface area contributed by atoms with E-state index in [0.29, 0.717) is 34.7 Å². The number of likely N-dealkylation sites (N-methyl/N-ethyl adjacent to an activating group) is 6. The molecule has 0 saturated carbocycles. The highest BCUT2D eigenvalue weighted by Crippen LogP contribution is 2.25. The van der Waals surface area contributed by atoms with Crippen LogP contribution in [0.2, 0.25) is 0 Å². The van der Waals surface area contributed by atoms with E-state index >= 15 is 4.79 Å². The minimum absolute atomic E-state index is 0.0164. The van der Waals surface area contributed by atoms with Crippen LogP contribution in [-0.4, -0.2) is 215 Å². The minimum Gasteiger partial charge on any atom is -0.391 e. The molecule has 0 radical (unpaired) electrons. The van der Waals surface area contributed by atoms with Gasteiger partial charge in [-0.15, -0.1) is 0 Å². The maximum absolute atomic E-state index is 15.0. The van der Waals surface area contributed by atoms with Gasteiger partial charge in [0, 0.05) is 61.8 Å². The molecule has 11 amide bonds. The number of amides is 11. The van der Waals surface area contributed by atoms with Gasteiger partial charge in [0.25, 0.3) is 5.91 Å². The molecule has 3 aliphatic heterocycles. The summed E-state index contributed by atoms with van der Waals surface area (Å²) in [5.74, 6) is -6.59. The summed E-state index contributed by atoms with van der Waals surface area (Å²) >= 11 is 0. The van der Waals surface area contributed by atoms with Gasteiger partial charge in [-0.05, 0) is 108 Å². The molecule has 1 fully saturated rings. The monoisotopic (exact) mass is 1190 g/mol. The van der Waals surface area contributed by atoms with Crippen LogP contribution in [0, 0.1) is 17.8 Å². The Balaban J connectivity index is 1.92. The highest BCUT2D eigenvalue weighted by Gasteiger charge is 2.43. The zero-order valence-corrected chi connectivity index (χ0v) is 53.5. The van der Waals surface area contributed by atoms with Crippen LogP contribution in [0.15, 0.2) is 54.6 Å². The fourth-order valence-electron chi connectivity index (χ4n) is 10.5. The van der Waals surface area contributed by atoms with Crippen molar-refractivity contribution < 1.29 is 57.8 Å². The highest BCUT2D eigenvalue weighted by atomic mass is 16.5. The quantitative estimate of drug-likeness (QED) is 0.219. The average molecular weight is 1190 g/mol. The molecule has 2 bridgehead atoms. The van der Waals surface area contributed by atoms with E-state index in [2.05, 4.69) is 16.0 Å². The van der Waals surface area contributed by atoms with E-state index < -0.39 is 113 Å². The number of likely N-dealkylation sites (tertiary alicyclic amines) is 1. The zero-order chi connectivity index (χ0) is 63.9. The molecular formula is C63H98N10O12. The summed E-state index contributed by atoms with van der Waals surface area (Å²) in [7, 11) is 8.26. The number of fused-ring (bicyclic) bond motifs is 28. The molecule has 0 aliphatic carbocycles. The van der Waals surface area contributed by atoms with Crippen LogP contribution in [0.5, 0.6) is 0 Å². The number of benzene rings is 2. The number of carbonyl (C=O) groups is 10. The van der Waals surface area contributed by atoms with Crippen LogP contribution < -0.4 is 16.0 Å². The molecule has 3 aliphatic rings. The van der Waals surface area contributed by atoms with Crippen molar-refractivity contribution in [1.82, 2.24) is 50.2 Å². The number of piperidine rings is 1. The third kappa shape index (κ3) is 19.5. The summed E-state index contributed by atoms with van der Waals surface area (Å²) < 4.78 is 6.13. The number of rotatable bonds is 12. The first-order chi connectivity index (χ1) is 39.7. The van der Waals surface area contributed by atoms with Crippen molar-refractivity contribution >= 4 is 59.2 Å². The number of aliphatic hydroxyl groups is 1. The van der Waals surface area contributed by atoms with Crippen LogP contribution >= 0.6 is 0 Å². The number of nitrogens with zero attached hydrogens (tertiary/aromatic N) is 7. The van der Waals surface area contributed by atoms with Crippen molar-refractivity contribution in [2.45, 2.75) is 188 Å². The van der Waals surface area contributed by atoms with Crippen molar-refractivity contribution in [1.29, 1.82) is 0 Å². The summed E-state index contributed by atoms with van der Waals surface area (Å²) in [5, 5.41) is 19.6. The molecule has 22 heteroatoms. The maximum Gasteiger partial charge on any atom is 0.326 e. The summed E-state index contributed by atoms with van der Waals surface area (Å²) in [6, 6.07) is 4.23. The number of aliphatic hydroxyl groups excluding tert-OH is 1. The van der Waals surface area contributed by atoms with Gasteiger partial charge in [0.1, 0.15) is 48.3 Å². The van der Waals surface area contributed by atoms with E-state index in [0.717, 1.165) is 31.2 Å². The fraction of sp³-hybridized carbons (Fsp3) is 0.651. The number of hydrogen-bond donors (Lipinski definition) is 4. The number of imide groups is 1. The molecule has 0 unspecified atom stereocenters. The molecule has 0 spiro atoms. The van der Waals surface area contributed by atoms with Crippen molar-refractivity contribution in [2.24, 2.45) is 17.8 Å². The summed E-state index contributed by atoms with van der Waals surface area (Å²) in [4.78, 5) is 155. The molecule has 2 aromatic rings. The minimum atomic E-state index is -1.74. The first kappa shape index (κ1) is 70.5. The Hall–Kier alpha value is -6.94. The number of ether oxygens (including phenoxy) is 1. The third-order valence-corrected chi connectivity index (χ3v) is 15.9. The summed E-state index contributed by atoms with van der Waals surface area (Å²) in [5.41, 5.74) is 0.848. The third-order valence-electron chi connectivity index (χ3n) is 15.9. The Bertz CT molecular complexity index is 2640. The topological polar surface area (TPSA) is 259 Å². The fourth-order valence-corrected chi connectivity index (χ4v) is 10.5. The molecule has 3 heterocycles. The molecule has 2 aromatic carbocycles. The number of hydrogen-bond acceptors (Lipinski definition) is 12. The Morgan fingerprint density at radius 2 is 1.07 bits per heavy atom. The van der Waals surface area contributed by atoms with Gasteiger partial charge in [-0.2, -0.15) is 0 Å². The predicted octanol–water partition coefficient (Wildman–Crippen LogP) is 4.17. The molecule has 22 nitrogen and oxygen atoms in total. The van der Waals surface area contributed by atoms with Gasteiger partial charge >= 0.3 is 6.03 Å². The molecule has 0 aromatic heterocycles. The smallest absolute Gasteiger partial charge is 0.326 e. The lowest BCUT2D eigenvalue weighted by Crippen LogP contribution is -2.62. The molecule has 5 rings (SSSR count). The molecular weight excluding hydrogens is 1090 g/mol. The van der Waals surface area contributed by atoms with Gasteiger partial charge < -0.3 is 55.2 Å². The van der Waals surface area contributed by atoms with Crippen LogP contribution in [0.4, 0.5) is 4.79 Å². The predicted molar refractivity (Wildman–Crippen MR) is 323 cm³/mol. The lowest BCUT2D eigenvalue weighted by Gasteiger charge is -2.38. The lowest BCUT2D eigenvalue weighted by molar-refractivity contribution is -0.151.